The van der Waals surface area contributed by atoms with Gasteiger partial charge in [-0.25, -0.2) is 0 Å². The van der Waals surface area contributed by atoms with Crippen molar-refractivity contribution < 1.29 is 9.90 Å². The standard InChI is InChI=1S/C22H36O2/c1-2-3-4-5-6-7-8-9-10-11-12-13-14-15-16-17-18-19-20-21-22(23)24/h10-17H,2-9,18-21H2,1H3,(H,23,24). The Balaban J connectivity index is 3.41. The fourth-order valence-electron chi connectivity index (χ4n) is 2.36. The molecule has 0 amide bonds. The molecular formula is C22H36O2. The highest BCUT2D eigenvalue weighted by Crippen LogP contribution is 2.08. The minimum Gasteiger partial charge on any atom is -0.481 e. The maximum Gasteiger partial charge on any atom is 0.303 e. The molecule has 1 N–H and O–H groups in total. The first-order valence-corrected chi connectivity index (χ1v) is 9.64. The minimum atomic E-state index is -0.705. The molecule has 24 heavy (non-hydrogen) atoms. The van der Waals surface area contributed by atoms with Gasteiger partial charge in [0.1, 0.15) is 0 Å². The van der Waals surface area contributed by atoms with Crippen LogP contribution in [0, 0.1) is 0 Å². The van der Waals surface area contributed by atoms with Crippen LogP contribution >= 0.6 is 0 Å². The Morgan fingerprint density at radius 3 is 1.67 bits per heavy atom. The van der Waals surface area contributed by atoms with Crippen molar-refractivity contribution in [3.8, 4) is 0 Å². The third-order valence-electron chi connectivity index (χ3n) is 3.81. The summed E-state index contributed by atoms with van der Waals surface area (Å²) in [5.41, 5.74) is 0. The van der Waals surface area contributed by atoms with E-state index in [9.17, 15) is 4.79 Å². The first-order chi connectivity index (χ1) is 11.8. The normalized spacial score (nSPS) is 12.4. The van der Waals surface area contributed by atoms with Crippen molar-refractivity contribution >= 4 is 5.97 Å². The van der Waals surface area contributed by atoms with E-state index in [0.29, 0.717) is 0 Å². The van der Waals surface area contributed by atoms with Crippen molar-refractivity contribution in [2.24, 2.45) is 0 Å². The van der Waals surface area contributed by atoms with Gasteiger partial charge < -0.3 is 5.11 Å². The first kappa shape index (κ1) is 22.4. The Labute approximate surface area is 149 Å². The number of carbonyl (C=O) groups is 1. The zero-order valence-electron chi connectivity index (χ0n) is 15.5. The third kappa shape index (κ3) is 20.4. The van der Waals surface area contributed by atoms with Gasteiger partial charge in [0, 0.05) is 6.42 Å². The van der Waals surface area contributed by atoms with Crippen LogP contribution in [0.1, 0.15) is 84.0 Å². The highest BCUT2D eigenvalue weighted by atomic mass is 16.4. The SMILES string of the molecule is CCCCCCCCCC=CC=CC=CC=CCCCCC(=O)O. The lowest BCUT2D eigenvalue weighted by atomic mass is 10.1. The lowest BCUT2D eigenvalue weighted by Crippen LogP contribution is -1.92. The Kier molecular flexibility index (Phi) is 18.2. The van der Waals surface area contributed by atoms with Crippen LogP contribution in [0.5, 0.6) is 0 Å². The Morgan fingerprint density at radius 2 is 1.12 bits per heavy atom. The molecule has 0 fully saturated rings. The van der Waals surface area contributed by atoms with E-state index >= 15 is 0 Å². The molecule has 0 unspecified atom stereocenters. The maximum absolute atomic E-state index is 10.3. The van der Waals surface area contributed by atoms with Crippen molar-refractivity contribution in [2.75, 3.05) is 0 Å². The van der Waals surface area contributed by atoms with Crippen molar-refractivity contribution in [3.05, 3.63) is 48.6 Å². The summed E-state index contributed by atoms with van der Waals surface area (Å²) in [6.07, 6.45) is 30.3. The Morgan fingerprint density at radius 1 is 0.667 bits per heavy atom. The monoisotopic (exact) mass is 332 g/mol. The van der Waals surface area contributed by atoms with Crippen LogP contribution in [-0.2, 0) is 4.79 Å². The fraction of sp³-hybridized carbons (Fsp3) is 0.591. The summed E-state index contributed by atoms with van der Waals surface area (Å²) in [6.45, 7) is 2.26. The van der Waals surface area contributed by atoms with E-state index < -0.39 is 5.97 Å². The van der Waals surface area contributed by atoms with Gasteiger partial charge in [-0.05, 0) is 32.1 Å². The molecule has 2 heteroatoms. The highest BCUT2D eigenvalue weighted by Gasteiger charge is 1.93. The van der Waals surface area contributed by atoms with E-state index in [1.807, 2.05) is 24.3 Å². The Bertz CT molecular complexity index is 389. The number of allylic oxidation sites excluding steroid dienone is 8. The largest absolute Gasteiger partial charge is 0.481 e. The molecule has 0 aromatic heterocycles. The number of rotatable bonds is 16. The highest BCUT2D eigenvalue weighted by molar-refractivity contribution is 5.66. The van der Waals surface area contributed by atoms with E-state index in [1.165, 1.54) is 51.4 Å². The molecule has 0 bridgehead atoms. The summed E-state index contributed by atoms with van der Waals surface area (Å²) in [5.74, 6) is -0.705. The smallest absolute Gasteiger partial charge is 0.303 e. The second-order valence-corrected chi connectivity index (χ2v) is 6.18. The van der Waals surface area contributed by atoms with Gasteiger partial charge in [0.25, 0.3) is 0 Å². The second-order valence-electron chi connectivity index (χ2n) is 6.18. The van der Waals surface area contributed by atoms with Gasteiger partial charge in [-0.2, -0.15) is 0 Å². The summed E-state index contributed by atoms with van der Waals surface area (Å²) in [4.78, 5) is 10.3. The van der Waals surface area contributed by atoms with Gasteiger partial charge in [0.15, 0.2) is 0 Å². The number of aliphatic carboxylic acids is 1. The molecule has 0 aliphatic rings. The van der Waals surface area contributed by atoms with E-state index in [2.05, 4.69) is 31.2 Å². The molecule has 0 aliphatic heterocycles. The topological polar surface area (TPSA) is 37.3 Å². The molecule has 2 nitrogen and oxygen atoms in total. The summed E-state index contributed by atoms with van der Waals surface area (Å²) in [7, 11) is 0. The lowest BCUT2D eigenvalue weighted by Gasteiger charge is -1.98. The van der Waals surface area contributed by atoms with E-state index in [1.54, 1.807) is 0 Å². The number of carboxylic acid groups (broad SMARTS) is 1. The molecule has 0 heterocycles. The van der Waals surface area contributed by atoms with Gasteiger partial charge in [-0.15, -0.1) is 0 Å². The van der Waals surface area contributed by atoms with E-state index in [-0.39, 0.29) is 6.42 Å². The molecule has 0 atom stereocenters. The van der Waals surface area contributed by atoms with Crippen LogP contribution in [0.15, 0.2) is 48.6 Å². The van der Waals surface area contributed by atoms with Crippen molar-refractivity contribution in [3.63, 3.8) is 0 Å². The Hall–Kier alpha value is -1.57. The van der Waals surface area contributed by atoms with Crippen LogP contribution in [0.25, 0.3) is 0 Å². The average molecular weight is 333 g/mol. The predicted molar refractivity (Wildman–Crippen MR) is 105 cm³/mol. The van der Waals surface area contributed by atoms with Crippen molar-refractivity contribution in [2.45, 2.75) is 84.0 Å². The van der Waals surface area contributed by atoms with Crippen LogP contribution in [0.3, 0.4) is 0 Å². The first-order valence-electron chi connectivity index (χ1n) is 9.64. The molecule has 0 spiro atoms. The van der Waals surface area contributed by atoms with Gasteiger partial charge >= 0.3 is 5.97 Å². The molecule has 0 radical (unpaired) electrons. The van der Waals surface area contributed by atoms with Crippen molar-refractivity contribution in [1.29, 1.82) is 0 Å². The fourth-order valence-corrected chi connectivity index (χ4v) is 2.36. The zero-order valence-corrected chi connectivity index (χ0v) is 15.5. The van der Waals surface area contributed by atoms with Crippen molar-refractivity contribution in [1.82, 2.24) is 0 Å². The van der Waals surface area contributed by atoms with Gasteiger partial charge in [-0.3, -0.25) is 4.79 Å². The quantitative estimate of drug-likeness (QED) is 0.244. The number of carboxylic acids is 1. The lowest BCUT2D eigenvalue weighted by molar-refractivity contribution is -0.137. The molecule has 0 saturated carbocycles. The predicted octanol–water partition coefficient (Wildman–Crippen LogP) is 7.00. The van der Waals surface area contributed by atoms with Crippen LogP contribution < -0.4 is 0 Å². The number of hydrogen-bond acceptors (Lipinski definition) is 1. The van der Waals surface area contributed by atoms with Gasteiger partial charge in [0.05, 0.1) is 0 Å². The molecule has 0 saturated heterocycles. The molecular weight excluding hydrogens is 296 g/mol. The van der Waals surface area contributed by atoms with E-state index in [4.69, 9.17) is 5.11 Å². The molecule has 136 valence electrons. The van der Waals surface area contributed by atoms with Gasteiger partial charge in [-0.1, -0.05) is 94.1 Å². The third-order valence-corrected chi connectivity index (χ3v) is 3.81. The van der Waals surface area contributed by atoms with Crippen LogP contribution in [0.4, 0.5) is 0 Å². The molecule has 0 aliphatic carbocycles. The van der Waals surface area contributed by atoms with Gasteiger partial charge in [0.2, 0.25) is 0 Å². The zero-order chi connectivity index (χ0) is 17.7. The van der Waals surface area contributed by atoms with Crippen LogP contribution in [0.2, 0.25) is 0 Å². The summed E-state index contributed by atoms with van der Waals surface area (Å²) >= 11 is 0. The summed E-state index contributed by atoms with van der Waals surface area (Å²) in [6, 6.07) is 0. The number of unbranched alkanes of at least 4 members (excludes halogenated alkanes) is 9. The van der Waals surface area contributed by atoms with Crippen LogP contribution in [-0.4, -0.2) is 11.1 Å². The number of hydrogen-bond donors (Lipinski definition) is 1. The van der Waals surface area contributed by atoms with E-state index in [0.717, 1.165) is 19.3 Å². The molecule has 0 aromatic carbocycles. The average Bonchev–Trinajstić information content (AvgIpc) is 2.56. The maximum atomic E-state index is 10.3. The molecule has 0 rings (SSSR count). The summed E-state index contributed by atoms with van der Waals surface area (Å²) < 4.78 is 0. The summed E-state index contributed by atoms with van der Waals surface area (Å²) in [5, 5.41) is 8.51. The molecule has 0 aromatic rings. The minimum absolute atomic E-state index is 0.275. The second kappa shape index (κ2) is 19.5.